The van der Waals surface area contributed by atoms with Gasteiger partial charge >= 0.3 is 5.97 Å². The third-order valence-corrected chi connectivity index (χ3v) is 12.4. The molecule has 0 unspecified atom stereocenters. The summed E-state index contributed by atoms with van der Waals surface area (Å²) in [5.41, 5.74) is 1.74. The number of Topliss-reactive ketones (excluding diaryl/α,β-unsaturated/α-hetero) is 3. The van der Waals surface area contributed by atoms with Crippen molar-refractivity contribution in [3.8, 4) is 0 Å². The summed E-state index contributed by atoms with van der Waals surface area (Å²) in [7, 11) is 3.68. The molecule has 2 aliphatic heterocycles. The van der Waals surface area contributed by atoms with Crippen LogP contribution in [-0.4, -0.2) is 114 Å². The Labute approximate surface area is 376 Å². The van der Waals surface area contributed by atoms with Gasteiger partial charge in [0.15, 0.2) is 0 Å². The molecule has 3 N–H and O–H groups in total. The minimum atomic E-state index is -2.24. The van der Waals surface area contributed by atoms with Crippen LogP contribution in [-0.2, 0) is 43.1 Å². The number of aliphatic hydroxyl groups is 3. The number of allylic oxidation sites excluding steroid dienone is 7. The molecule has 3 fully saturated rings. The van der Waals surface area contributed by atoms with Gasteiger partial charge in [-0.1, -0.05) is 82.6 Å². The molecule has 3 aliphatic rings. The second-order valence-electron chi connectivity index (χ2n) is 17.9. The van der Waals surface area contributed by atoms with Crippen molar-refractivity contribution in [3.05, 3.63) is 47.6 Å². The topological polar surface area (TPSA) is 186 Å². The van der Waals surface area contributed by atoms with E-state index in [2.05, 4.69) is 17.9 Å². The highest BCUT2D eigenvalue weighted by atomic mass is 19.3. The lowest BCUT2D eigenvalue weighted by atomic mass is 9.79. The third kappa shape index (κ3) is 20.1. The van der Waals surface area contributed by atoms with Crippen molar-refractivity contribution in [1.29, 1.82) is 0 Å². The summed E-state index contributed by atoms with van der Waals surface area (Å²) in [5, 5.41) is 29.0. The largest absolute Gasteiger partial charge is 0.460 e. The number of ether oxygens (including phenoxy) is 3. The number of carbonyl (C=O) groups excluding carboxylic acids is 5. The Morgan fingerprint density at radius 1 is 0.921 bits per heavy atom. The molecule has 0 aromatic rings. The molecule has 1 aliphatic carbocycles. The summed E-state index contributed by atoms with van der Waals surface area (Å²) >= 11 is 0. The second-order valence-corrected chi connectivity index (χ2v) is 17.9. The molecule has 1 amide bonds. The number of amides is 1. The van der Waals surface area contributed by atoms with Gasteiger partial charge in [0.2, 0.25) is 5.79 Å². The monoisotopic (exact) mass is 894 g/mol. The van der Waals surface area contributed by atoms with Crippen LogP contribution in [0.2, 0.25) is 0 Å². The number of nitrogens with zero attached hydrogens (tertiary/aromatic N) is 1. The van der Waals surface area contributed by atoms with Gasteiger partial charge < -0.3 is 34.4 Å². The Kier molecular flexibility index (Phi) is 28.1. The summed E-state index contributed by atoms with van der Waals surface area (Å²) in [4.78, 5) is 71.6. The van der Waals surface area contributed by atoms with Gasteiger partial charge in [0, 0.05) is 51.9 Å². The van der Waals surface area contributed by atoms with Crippen molar-refractivity contribution in [2.75, 3.05) is 34.5 Å². The predicted molar refractivity (Wildman–Crippen MR) is 241 cm³/mol. The number of esters is 1. The standard InChI is InChI=1S/C47H73NO10.CH3FO.CH4O/c1-31(2)16-10-9-11-17-32(3)26-34(5)42(51)30-41(50)33(4)22-23-38(49)29-43(35(6)27-37-19-14-20-39(28-37)56-8)58-46(54)40-21-12-13-24-48(40)45(53)44(52)47(55)36(7)18-15-25-57-47;1-3-2;1-2/h9-11,16-17,22,32,34-37,39-41,43,50,55H,12-15,18-21,23-30H2,1-8H3;1H3;2H,1H3/b10-9+,17-11+,33-22+;;/t32-,34-,35-,36-,37+,39+,40+,41+,43+,47-;;/m1../s1. The SMILES string of the molecule is CO.COF.CO[C@H]1CCC[C@@H](C[C@@H](C)[C@H](CC(=O)C/C=C(\C)[C@@H](O)CC(=O)[C@H](C)C[C@H](C)/C=C/C=C/C=C(C)C)OC(=O)[C@@H]2CCCCN2C(=O)C(=O)[C@]2(O)OCCC[C@H]2C)C1. The maximum Gasteiger partial charge on any atom is 0.329 e. The summed E-state index contributed by atoms with van der Waals surface area (Å²) < 4.78 is 27.1. The van der Waals surface area contributed by atoms with E-state index in [0.717, 1.165) is 39.9 Å². The van der Waals surface area contributed by atoms with E-state index >= 15 is 0 Å². The highest BCUT2D eigenvalue weighted by Gasteiger charge is 2.51. The molecule has 0 bridgehead atoms. The zero-order valence-corrected chi connectivity index (χ0v) is 39.8. The highest BCUT2D eigenvalue weighted by Crippen LogP contribution is 2.34. The first kappa shape index (κ1) is 57.6. The Hall–Kier alpha value is -3.40. The van der Waals surface area contributed by atoms with E-state index in [1.54, 1.807) is 27.0 Å². The van der Waals surface area contributed by atoms with E-state index in [4.69, 9.17) is 19.3 Å². The molecule has 13 nitrogen and oxygen atoms in total. The first-order valence-electron chi connectivity index (χ1n) is 22.8. The second kappa shape index (κ2) is 30.7. The Morgan fingerprint density at radius 3 is 2.24 bits per heavy atom. The third-order valence-electron chi connectivity index (χ3n) is 12.4. The van der Waals surface area contributed by atoms with Crippen LogP contribution < -0.4 is 0 Å². The number of hydrogen-bond donors (Lipinski definition) is 3. The molecule has 360 valence electrons. The number of ketones is 3. The smallest absolute Gasteiger partial charge is 0.329 e. The van der Waals surface area contributed by atoms with Crippen LogP contribution in [0.25, 0.3) is 0 Å². The average molecular weight is 894 g/mol. The lowest BCUT2D eigenvalue weighted by Crippen LogP contribution is -2.59. The van der Waals surface area contributed by atoms with Crippen LogP contribution in [0.3, 0.4) is 0 Å². The normalized spacial score (nSPS) is 25.3. The fourth-order valence-corrected chi connectivity index (χ4v) is 8.49. The summed E-state index contributed by atoms with van der Waals surface area (Å²) in [5.74, 6) is -5.69. The molecule has 0 aromatic carbocycles. The fourth-order valence-electron chi connectivity index (χ4n) is 8.49. The van der Waals surface area contributed by atoms with E-state index in [-0.39, 0.29) is 67.8 Å². The van der Waals surface area contributed by atoms with Gasteiger partial charge in [0.1, 0.15) is 23.7 Å². The van der Waals surface area contributed by atoms with Crippen molar-refractivity contribution >= 4 is 29.2 Å². The van der Waals surface area contributed by atoms with E-state index in [1.807, 2.05) is 52.0 Å². The van der Waals surface area contributed by atoms with Crippen LogP contribution >= 0.6 is 0 Å². The van der Waals surface area contributed by atoms with Crippen LogP contribution in [0.5, 0.6) is 0 Å². The van der Waals surface area contributed by atoms with Gasteiger partial charge in [-0.3, -0.25) is 19.2 Å². The zero-order chi connectivity index (χ0) is 47.7. The number of hydrogen-bond acceptors (Lipinski definition) is 12. The quantitative estimate of drug-likeness (QED) is 0.0442. The van der Waals surface area contributed by atoms with Gasteiger partial charge in [-0.25, -0.2) is 4.79 Å². The number of likely N-dealkylation sites (tertiary alicyclic amines) is 1. The van der Waals surface area contributed by atoms with Crippen LogP contribution in [0.1, 0.15) is 138 Å². The van der Waals surface area contributed by atoms with Crippen molar-refractivity contribution in [3.63, 3.8) is 0 Å². The zero-order valence-electron chi connectivity index (χ0n) is 39.8. The Morgan fingerprint density at radius 2 is 1.60 bits per heavy atom. The molecular weight excluding hydrogens is 814 g/mol. The van der Waals surface area contributed by atoms with E-state index in [1.165, 1.54) is 10.5 Å². The van der Waals surface area contributed by atoms with Gasteiger partial charge in [0.05, 0.1) is 25.9 Å². The molecule has 10 atom stereocenters. The molecule has 63 heavy (non-hydrogen) atoms. The number of aliphatic hydroxyl groups excluding tert-OH is 2. The van der Waals surface area contributed by atoms with E-state index in [9.17, 15) is 38.7 Å². The Bertz CT molecular complexity index is 1540. The lowest BCUT2D eigenvalue weighted by Gasteiger charge is -2.39. The number of halogens is 1. The van der Waals surface area contributed by atoms with E-state index < -0.39 is 47.6 Å². The Balaban J connectivity index is 0.00000380. The molecule has 0 aromatic heterocycles. The number of piperidine rings is 1. The van der Waals surface area contributed by atoms with Crippen molar-refractivity contribution in [2.24, 2.45) is 29.6 Å². The van der Waals surface area contributed by atoms with Gasteiger partial charge in [-0.2, -0.15) is 4.94 Å². The molecule has 3 rings (SSSR count). The molecule has 1 saturated carbocycles. The van der Waals surface area contributed by atoms with Crippen LogP contribution in [0.4, 0.5) is 4.53 Å². The minimum Gasteiger partial charge on any atom is -0.460 e. The van der Waals surface area contributed by atoms with Crippen molar-refractivity contribution in [2.45, 2.75) is 168 Å². The molecule has 0 spiro atoms. The molecule has 14 heteroatoms. The highest BCUT2D eigenvalue weighted by molar-refractivity contribution is 6.39. The molecule has 0 radical (unpaired) electrons. The average Bonchev–Trinajstić information content (AvgIpc) is 3.26. The number of rotatable bonds is 21. The van der Waals surface area contributed by atoms with E-state index in [0.29, 0.717) is 56.4 Å². The summed E-state index contributed by atoms with van der Waals surface area (Å²) in [6, 6.07) is -1.04. The van der Waals surface area contributed by atoms with Gasteiger partial charge in [-0.15, -0.1) is 0 Å². The van der Waals surface area contributed by atoms with Gasteiger partial charge in [0.25, 0.3) is 11.7 Å². The molecular formula is C49H80FNO12. The minimum absolute atomic E-state index is 0.00994. The first-order chi connectivity index (χ1) is 29.9. The van der Waals surface area contributed by atoms with Crippen LogP contribution in [0, 0.1) is 29.6 Å². The molecule has 2 saturated heterocycles. The first-order valence-corrected chi connectivity index (χ1v) is 22.8. The number of carbonyl (C=O) groups is 5. The van der Waals surface area contributed by atoms with Crippen molar-refractivity contribution < 1.29 is 63.0 Å². The fraction of sp³-hybridized carbons (Fsp3) is 0.735. The lowest BCUT2D eigenvalue weighted by molar-refractivity contribution is -0.241. The predicted octanol–water partition coefficient (Wildman–Crippen LogP) is 7.70. The van der Waals surface area contributed by atoms with Crippen LogP contribution in [0.15, 0.2) is 47.6 Å². The maximum atomic E-state index is 14.0. The maximum absolute atomic E-state index is 14.0. The number of methoxy groups -OCH3 is 1. The summed E-state index contributed by atoms with van der Waals surface area (Å²) in [6.07, 6.45) is 17.9. The molecule has 2 heterocycles. The van der Waals surface area contributed by atoms with Crippen molar-refractivity contribution in [1.82, 2.24) is 4.90 Å². The van der Waals surface area contributed by atoms with Gasteiger partial charge in [-0.05, 0) is 106 Å². The summed E-state index contributed by atoms with van der Waals surface area (Å²) in [6.45, 7) is 13.7.